The Bertz CT molecular complexity index is 598. The molecule has 1 aliphatic rings. The second-order valence-electron chi connectivity index (χ2n) is 6.50. The summed E-state index contributed by atoms with van der Waals surface area (Å²) < 4.78 is 13.4. The predicted octanol–water partition coefficient (Wildman–Crippen LogP) is 3.49. The summed E-state index contributed by atoms with van der Waals surface area (Å²) in [6, 6.07) is 4.03. The summed E-state index contributed by atoms with van der Waals surface area (Å²) in [5, 5.41) is 1.49. The maximum absolute atomic E-state index is 13.4. The summed E-state index contributed by atoms with van der Waals surface area (Å²) in [4.78, 5) is 29.5. The van der Waals surface area contributed by atoms with E-state index in [4.69, 9.17) is 16.4 Å². The molecule has 6 heteroatoms. The Hall–Kier alpha value is -1.46. The number of hydroxylamine groups is 2. The van der Waals surface area contributed by atoms with Crippen LogP contribution in [0, 0.1) is 17.2 Å². The lowest BCUT2D eigenvalue weighted by Gasteiger charge is -2.21. The highest BCUT2D eigenvalue weighted by Crippen LogP contribution is 2.25. The molecule has 0 unspecified atom stereocenters. The number of carbonyl (C=O) groups excluding carboxylic acids is 2. The Morgan fingerprint density at radius 3 is 2.64 bits per heavy atom. The molecule has 0 aliphatic carbocycles. The van der Waals surface area contributed by atoms with Crippen molar-refractivity contribution in [3.8, 4) is 0 Å². The number of ketones is 1. The molecule has 0 bridgehead atoms. The maximum Gasteiger partial charge on any atom is 0.330 e. The van der Waals surface area contributed by atoms with Crippen LogP contribution in [0.3, 0.4) is 0 Å². The van der Waals surface area contributed by atoms with Gasteiger partial charge >= 0.3 is 5.97 Å². The summed E-state index contributed by atoms with van der Waals surface area (Å²) in [7, 11) is 0. The zero-order chi connectivity index (χ0) is 16.5. The van der Waals surface area contributed by atoms with E-state index in [-0.39, 0.29) is 28.3 Å². The largest absolute Gasteiger partial charge is 0.367 e. The molecule has 1 saturated heterocycles. The van der Waals surface area contributed by atoms with Gasteiger partial charge in [-0.1, -0.05) is 11.6 Å². The van der Waals surface area contributed by atoms with Crippen molar-refractivity contribution in [2.75, 3.05) is 13.1 Å². The first-order valence-corrected chi connectivity index (χ1v) is 7.53. The Balaban J connectivity index is 1.99. The molecular weight excluding hydrogens is 309 g/mol. The highest BCUT2D eigenvalue weighted by molar-refractivity contribution is 6.30. The summed E-state index contributed by atoms with van der Waals surface area (Å²) in [5.41, 5.74) is -0.308. The third-order valence-corrected chi connectivity index (χ3v) is 3.86. The third-order valence-electron chi connectivity index (χ3n) is 3.55. The van der Waals surface area contributed by atoms with Crippen molar-refractivity contribution >= 4 is 23.4 Å². The average molecular weight is 328 g/mol. The van der Waals surface area contributed by atoms with Crippen molar-refractivity contribution < 1.29 is 18.8 Å². The number of carbonyl (C=O) groups is 2. The van der Waals surface area contributed by atoms with Crippen LogP contribution < -0.4 is 0 Å². The summed E-state index contributed by atoms with van der Waals surface area (Å²) >= 11 is 5.62. The molecule has 0 saturated carbocycles. The van der Waals surface area contributed by atoms with Gasteiger partial charge in [0.1, 0.15) is 5.82 Å². The summed E-state index contributed by atoms with van der Waals surface area (Å²) in [6.07, 6.45) is 0.570. The van der Waals surface area contributed by atoms with Gasteiger partial charge in [-0.05, 0) is 45.4 Å². The maximum atomic E-state index is 13.4. The van der Waals surface area contributed by atoms with E-state index < -0.39 is 11.2 Å². The van der Waals surface area contributed by atoms with Crippen molar-refractivity contribution in [3.05, 3.63) is 34.6 Å². The van der Waals surface area contributed by atoms with E-state index in [1.54, 1.807) is 20.8 Å². The van der Waals surface area contributed by atoms with E-state index in [1.807, 2.05) is 0 Å². The number of rotatable bonds is 3. The first-order valence-electron chi connectivity index (χ1n) is 7.15. The van der Waals surface area contributed by atoms with Gasteiger partial charge < -0.3 is 4.84 Å². The molecule has 1 aromatic rings. The van der Waals surface area contributed by atoms with Crippen molar-refractivity contribution in [2.24, 2.45) is 11.3 Å². The number of benzene rings is 1. The van der Waals surface area contributed by atoms with Gasteiger partial charge in [-0.15, -0.1) is 5.06 Å². The molecule has 0 radical (unpaired) electrons. The normalized spacial score (nSPS) is 19.2. The Morgan fingerprint density at radius 1 is 1.36 bits per heavy atom. The van der Waals surface area contributed by atoms with E-state index in [2.05, 4.69) is 0 Å². The number of Topliss-reactive ketones (excluding diaryl/α,β-unsaturated/α-hetero) is 1. The van der Waals surface area contributed by atoms with E-state index >= 15 is 0 Å². The third kappa shape index (κ3) is 3.84. The van der Waals surface area contributed by atoms with Gasteiger partial charge in [0.2, 0.25) is 0 Å². The first kappa shape index (κ1) is 16.9. The lowest BCUT2D eigenvalue weighted by Crippen LogP contribution is -2.32. The Morgan fingerprint density at radius 2 is 2.05 bits per heavy atom. The molecule has 0 amide bonds. The second kappa shape index (κ2) is 6.34. The van der Waals surface area contributed by atoms with Crippen LogP contribution in [0.5, 0.6) is 0 Å². The minimum absolute atomic E-state index is 0.0105. The van der Waals surface area contributed by atoms with Crippen LogP contribution in [-0.4, -0.2) is 29.9 Å². The van der Waals surface area contributed by atoms with Crippen LogP contribution in [0.2, 0.25) is 5.02 Å². The van der Waals surface area contributed by atoms with Crippen LogP contribution >= 0.6 is 11.6 Å². The van der Waals surface area contributed by atoms with Crippen molar-refractivity contribution in [1.82, 2.24) is 5.06 Å². The van der Waals surface area contributed by atoms with Crippen LogP contribution in [0.4, 0.5) is 4.39 Å². The first-order chi connectivity index (χ1) is 10.2. The Labute approximate surface area is 134 Å². The smallest absolute Gasteiger partial charge is 0.330 e. The van der Waals surface area contributed by atoms with Gasteiger partial charge in [-0.25, -0.2) is 9.18 Å². The van der Waals surface area contributed by atoms with Crippen LogP contribution in [0.1, 0.15) is 37.6 Å². The van der Waals surface area contributed by atoms with E-state index in [9.17, 15) is 14.0 Å². The quantitative estimate of drug-likeness (QED) is 0.797. The highest BCUT2D eigenvalue weighted by Gasteiger charge is 2.33. The molecule has 1 atom stereocenters. The van der Waals surface area contributed by atoms with E-state index in [0.717, 1.165) is 6.07 Å². The minimum Gasteiger partial charge on any atom is -0.367 e. The van der Waals surface area contributed by atoms with E-state index in [0.29, 0.717) is 19.5 Å². The van der Waals surface area contributed by atoms with Crippen molar-refractivity contribution in [2.45, 2.75) is 27.2 Å². The second-order valence-corrected chi connectivity index (χ2v) is 6.90. The predicted molar refractivity (Wildman–Crippen MR) is 81.0 cm³/mol. The lowest BCUT2D eigenvalue weighted by molar-refractivity contribution is -0.195. The van der Waals surface area contributed by atoms with Gasteiger partial charge in [-0.2, -0.15) is 0 Å². The molecule has 0 spiro atoms. The molecule has 22 heavy (non-hydrogen) atoms. The monoisotopic (exact) mass is 327 g/mol. The molecule has 0 N–H and O–H groups in total. The molecule has 1 heterocycles. The zero-order valence-corrected chi connectivity index (χ0v) is 13.6. The molecule has 2 rings (SSSR count). The topological polar surface area (TPSA) is 46.6 Å². The molecular formula is C16H19ClFNO3. The Kier molecular flexibility index (Phi) is 4.87. The fourth-order valence-electron chi connectivity index (χ4n) is 2.16. The van der Waals surface area contributed by atoms with Crippen LogP contribution in [0.25, 0.3) is 0 Å². The van der Waals surface area contributed by atoms with Gasteiger partial charge in [-0.3, -0.25) is 4.79 Å². The number of hydrogen-bond donors (Lipinski definition) is 0. The molecule has 1 fully saturated rings. The SMILES string of the molecule is CC(C)(C)C(=O)ON1CC[C@@H](C(=O)c2ccc(Cl)c(F)c2)C1. The molecule has 1 aliphatic heterocycles. The van der Waals surface area contributed by atoms with Crippen LogP contribution in [0.15, 0.2) is 18.2 Å². The van der Waals surface area contributed by atoms with Crippen molar-refractivity contribution in [1.29, 1.82) is 0 Å². The fourth-order valence-corrected chi connectivity index (χ4v) is 2.28. The number of hydrogen-bond acceptors (Lipinski definition) is 4. The standard InChI is InChI=1S/C16H19ClFNO3/c1-16(2,3)15(21)22-19-7-6-11(9-19)14(20)10-4-5-12(17)13(18)8-10/h4-5,8,11H,6-7,9H2,1-3H3/t11-/m1/s1. The molecule has 4 nitrogen and oxygen atoms in total. The number of nitrogens with zero attached hydrogens (tertiary/aromatic N) is 1. The van der Waals surface area contributed by atoms with Gasteiger partial charge in [0, 0.05) is 24.6 Å². The van der Waals surface area contributed by atoms with Gasteiger partial charge in [0.05, 0.1) is 10.4 Å². The summed E-state index contributed by atoms with van der Waals surface area (Å²) in [5.74, 6) is -1.42. The summed E-state index contributed by atoms with van der Waals surface area (Å²) in [6.45, 7) is 6.12. The van der Waals surface area contributed by atoms with E-state index in [1.165, 1.54) is 17.2 Å². The van der Waals surface area contributed by atoms with Crippen molar-refractivity contribution in [3.63, 3.8) is 0 Å². The molecule has 0 aromatic heterocycles. The minimum atomic E-state index is -0.610. The van der Waals surface area contributed by atoms with Gasteiger partial charge in [0.15, 0.2) is 5.78 Å². The highest BCUT2D eigenvalue weighted by atomic mass is 35.5. The van der Waals surface area contributed by atoms with Crippen LogP contribution in [-0.2, 0) is 9.63 Å². The average Bonchev–Trinajstić information content (AvgIpc) is 2.88. The van der Waals surface area contributed by atoms with Gasteiger partial charge in [0.25, 0.3) is 0 Å². The lowest BCUT2D eigenvalue weighted by atomic mass is 9.97. The molecule has 120 valence electrons. The fraction of sp³-hybridized carbons (Fsp3) is 0.500. The molecule has 1 aromatic carbocycles. The number of halogens is 2. The zero-order valence-electron chi connectivity index (χ0n) is 12.9.